The monoisotopic (exact) mass is 316 g/mol. The van der Waals surface area contributed by atoms with E-state index in [2.05, 4.69) is 24.3 Å². The maximum absolute atomic E-state index is 11.0. The zero-order valence-corrected chi connectivity index (χ0v) is 13.2. The van der Waals surface area contributed by atoms with Crippen molar-refractivity contribution in [3.63, 3.8) is 0 Å². The number of rotatable bonds is 5. The average Bonchev–Trinajstić information content (AvgIpc) is 2.62. The Morgan fingerprint density at radius 3 is 2.21 bits per heavy atom. The van der Waals surface area contributed by atoms with E-state index in [0.717, 1.165) is 11.1 Å². The van der Waals surface area contributed by atoms with Crippen LogP contribution in [0.15, 0.2) is 79.1 Å². The van der Waals surface area contributed by atoms with Crippen LogP contribution in [0, 0.1) is 0 Å². The van der Waals surface area contributed by atoms with Crippen molar-refractivity contribution >= 4 is 18.1 Å². The van der Waals surface area contributed by atoms with Gasteiger partial charge in [-0.25, -0.2) is 9.36 Å². The van der Waals surface area contributed by atoms with Gasteiger partial charge in [0, 0.05) is 17.7 Å². The third-order valence-electron chi connectivity index (χ3n) is 3.72. The van der Waals surface area contributed by atoms with E-state index in [4.69, 9.17) is 5.11 Å². The molecule has 0 amide bonds. The molecule has 3 heteroatoms. The summed E-state index contributed by atoms with van der Waals surface area (Å²) < 4.78 is 2.03. The fourth-order valence-electron chi connectivity index (χ4n) is 2.46. The second-order valence-corrected chi connectivity index (χ2v) is 5.55. The maximum Gasteiger partial charge on any atom is 0.335 e. The highest BCUT2D eigenvalue weighted by molar-refractivity contribution is 5.87. The van der Waals surface area contributed by atoms with E-state index in [1.165, 1.54) is 5.56 Å². The Labute approximate surface area is 141 Å². The number of hydrogen-bond acceptors (Lipinski definition) is 1. The minimum Gasteiger partial charge on any atom is -0.478 e. The van der Waals surface area contributed by atoms with E-state index in [9.17, 15) is 4.79 Å². The van der Waals surface area contributed by atoms with E-state index >= 15 is 0 Å². The maximum atomic E-state index is 11.0. The first-order chi connectivity index (χ1) is 11.7. The standard InChI is InChI=1S/C21H17NO2/c23-21(24)20-8-4-7-19(15-20)16-22-13-11-18(12-14-22)10-9-17-5-2-1-3-6-17/h1-15H,16H2/p+1/b10-9-. The zero-order chi connectivity index (χ0) is 16.8. The van der Waals surface area contributed by atoms with Gasteiger partial charge < -0.3 is 5.11 Å². The fourth-order valence-corrected chi connectivity index (χ4v) is 2.46. The summed E-state index contributed by atoms with van der Waals surface area (Å²) in [5, 5.41) is 9.05. The number of nitrogens with zero attached hydrogens (tertiary/aromatic N) is 1. The number of aromatic carboxylic acids is 1. The highest BCUT2D eigenvalue weighted by Gasteiger charge is 2.06. The van der Waals surface area contributed by atoms with Gasteiger partial charge in [-0.15, -0.1) is 0 Å². The van der Waals surface area contributed by atoms with Crippen molar-refractivity contribution in [3.8, 4) is 0 Å². The number of benzene rings is 2. The quantitative estimate of drug-likeness (QED) is 0.726. The molecule has 0 unspecified atom stereocenters. The van der Waals surface area contributed by atoms with Crippen LogP contribution < -0.4 is 4.57 Å². The summed E-state index contributed by atoms with van der Waals surface area (Å²) in [7, 11) is 0. The average molecular weight is 316 g/mol. The van der Waals surface area contributed by atoms with E-state index in [1.54, 1.807) is 18.2 Å². The van der Waals surface area contributed by atoms with Gasteiger partial charge in [0.25, 0.3) is 0 Å². The number of carboxylic acid groups (broad SMARTS) is 1. The lowest BCUT2D eigenvalue weighted by Gasteiger charge is -2.00. The molecule has 0 bridgehead atoms. The first kappa shape index (κ1) is 15.7. The Hall–Kier alpha value is -3.20. The molecule has 0 saturated heterocycles. The molecule has 0 atom stereocenters. The van der Waals surface area contributed by atoms with Crippen molar-refractivity contribution < 1.29 is 14.5 Å². The Morgan fingerprint density at radius 1 is 0.875 bits per heavy atom. The van der Waals surface area contributed by atoms with Gasteiger partial charge in [-0.05, 0) is 23.3 Å². The topological polar surface area (TPSA) is 41.2 Å². The molecule has 0 spiro atoms. The van der Waals surface area contributed by atoms with Crippen molar-refractivity contribution in [2.75, 3.05) is 0 Å². The van der Waals surface area contributed by atoms with E-state index < -0.39 is 5.97 Å². The summed E-state index contributed by atoms with van der Waals surface area (Å²) >= 11 is 0. The molecule has 24 heavy (non-hydrogen) atoms. The van der Waals surface area contributed by atoms with Gasteiger partial charge in [0.15, 0.2) is 18.9 Å². The van der Waals surface area contributed by atoms with Crippen molar-refractivity contribution in [2.45, 2.75) is 6.54 Å². The van der Waals surface area contributed by atoms with Gasteiger partial charge in [-0.1, -0.05) is 54.6 Å². The molecular weight excluding hydrogens is 298 g/mol. The predicted molar refractivity (Wildman–Crippen MR) is 94.5 cm³/mol. The normalized spacial score (nSPS) is 10.8. The van der Waals surface area contributed by atoms with Crippen LogP contribution in [-0.4, -0.2) is 11.1 Å². The van der Waals surface area contributed by atoms with Crippen LogP contribution in [0.3, 0.4) is 0 Å². The third-order valence-corrected chi connectivity index (χ3v) is 3.72. The Kier molecular flexibility index (Phi) is 4.82. The lowest BCUT2D eigenvalue weighted by Crippen LogP contribution is -2.33. The Morgan fingerprint density at radius 2 is 1.54 bits per heavy atom. The molecule has 1 heterocycles. The summed E-state index contributed by atoms with van der Waals surface area (Å²) in [6, 6.07) is 21.3. The van der Waals surface area contributed by atoms with Crippen LogP contribution in [0.2, 0.25) is 0 Å². The molecule has 0 saturated carbocycles. The molecule has 3 rings (SSSR count). The smallest absolute Gasteiger partial charge is 0.335 e. The molecule has 0 aliphatic carbocycles. The second-order valence-electron chi connectivity index (χ2n) is 5.55. The SMILES string of the molecule is O=C(O)c1cccc(C[n+]2ccc(/C=C\c3ccccc3)cc2)c1. The van der Waals surface area contributed by atoms with Crippen molar-refractivity contribution in [3.05, 3.63) is 101 Å². The summed E-state index contributed by atoms with van der Waals surface area (Å²) in [4.78, 5) is 11.0. The summed E-state index contributed by atoms with van der Waals surface area (Å²) in [5.74, 6) is -0.900. The van der Waals surface area contributed by atoms with Gasteiger partial charge in [-0.3, -0.25) is 0 Å². The van der Waals surface area contributed by atoms with Gasteiger partial charge in [0.05, 0.1) is 5.56 Å². The van der Waals surface area contributed by atoms with Crippen LogP contribution >= 0.6 is 0 Å². The van der Waals surface area contributed by atoms with Crippen molar-refractivity contribution in [2.24, 2.45) is 0 Å². The highest BCUT2D eigenvalue weighted by Crippen LogP contribution is 2.08. The van der Waals surface area contributed by atoms with Gasteiger partial charge in [-0.2, -0.15) is 0 Å². The van der Waals surface area contributed by atoms with E-state index in [-0.39, 0.29) is 0 Å². The summed E-state index contributed by atoms with van der Waals surface area (Å²) in [6.07, 6.45) is 8.15. The number of hydrogen-bond donors (Lipinski definition) is 1. The highest BCUT2D eigenvalue weighted by atomic mass is 16.4. The second kappa shape index (κ2) is 7.38. The first-order valence-corrected chi connectivity index (χ1v) is 7.75. The van der Waals surface area contributed by atoms with Crippen molar-refractivity contribution in [1.82, 2.24) is 0 Å². The lowest BCUT2D eigenvalue weighted by atomic mass is 10.1. The van der Waals surface area contributed by atoms with Crippen LogP contribution in [0.25, 0.3) is 12.2 Å². The third kappa shape index (κ3) is 4.17. The molecule has 0 aliphatic heterocycles. The van der Waals surface area contributed by atoms with Gasteiger partial charge >= 0.3 is 5.97 Å². The molecule has 1 aromatic heterocycles. The first-order valence-electron chi connectivity index (χ1n) is 7.75. The molecule has 0 fully saturated rings. The number of pyridine rings is 1. The van der Waals surface area contributed by atoms with Gasteiger partial charge in [0.2, 0.25) is 0 Å². The van der Waals surface area contributed by atoms with E-state index in [0.29, 0.717) is 12.1 Å². The molecule has 0 radical (unpaired) electrons. The van der Waals surface area contributed by atoms with E-state index in [1.807, 2.05) is 53.4 Å². The summed E-state index contributed by atoms with van der Waals surface area (Å²) in [6.45, 7) is 0.643. The van der Waals surface area contributed by atoms with Crippen LogP contribution in [-0.2, 0) is 6.54 Å². The molecule has 1 N–H and O–H groups in total. The fraction of sp³-hybridized carbons (Fsp3) is 0.0476. The number of carboxylic acids is 1. The zero-order valence-electron chi connectivity index (χ0n) is 13.2. The van der Waals surface area contributed by atoms with Crippen LogP contribution in [0.4, 0.5) is 0 Å². The molecule has 3 aromatic rings. The lowest BCUT2D eigenvalue weighted by molar-refractivity contribution is -0.688. The number of carbonyl (C=O) groups is 1. The predicted octanol–water partition coefficient (Wildman–Crippen LogP) is 3.89. The molecule has 118 valence electrons. The Bertz CT molecular complexity index is 853. The molecule has 2 aromatic carbocycles. The van der Waals surface area contributed by atoms with Crippen LogP contribution in [0.1, 0.15) is 27.0 Å². The minimum absolute atomic E-state index is 0.315. The van der Waals surface area contributed by atoms with Crippen LogP contribution in [0.5, 0.6) is 0 Å². The largest absolute Gasteiger partial charge is 0.478 e. The number of aromatic nitrogens is 1. The Balaban J connectivity index is 1.70. The van der Waals surface area contributed by atoms with Gasteiger partial charge in [0.1, 0.15) is 0 Å². The summed E-state index contributed by atoms with van der Waals surface area (Å²) in [5.41, 5.74) is 3.57. The molecule has 3 nitrogen and oxygen atoms in total. The molecule has 0 aliphatic rings. The van der Waals surface area contributed by atoms with Crippen molar-refractivity contribution in [1.29, 1.82) is 0 Å². The molecular formula is C21H18NO2+. The minimum atomic E-state index is -0.900.